The fourth-order valence-corrected chi connectivity index (χ4v) is 3.33. The Labute approximate surface area is 171 Å². The number of carbonyl (C=O) groups excluding carboxylic acids is 1. The van der Waals surface area contributed by atoms with E-state index in [9.17, 15) is 15.2 Å². The molecule has 1 aliphatic rings. The van der Waals surface area contributed by atoms with Crippen molar-refractivity contribution in [3.05, 3.63) is 53.6 Å². The minimum Gasteiger partial charge on any atom is -0.485 e. The molecule has 4 N–H and O–H groups in total. The summed E-state index contributed by atoms with van der Waals surface area (Å²) in [6.45, 7) is 3.48. The molecule has 1 aliphatic heterocycles. The number of H-pyrrole nitrogens is 1. The van der Waals surface area contributed by atoms with Gasteiger partial charge in [0.05, 0.1) is 17.7 Å². The lowest BCUT2D eigenvalue weighted by Crippen LogP contribution is -2.54. The summed E-state index contributed by atoms with van der Waals surface area (Å²) < 4.78 is 5.86. The molecule has 0 radical (unpaired) electrons. The molecule has 4 rings (SSSR count). The van der Waals surface area contributed by atoms with Gasteiger partial charge in [-0.3, -0.25) is 0 Å². The van der Waals surface area contributed by atoms with Gasteiger partial charge in [-0.2, -0.15) is 5.26 Å². The number of anilines is 1. The summed E-state index contributed by atoms with van der Waals surface area (Å²) in [5, 5.41) is 39.1. The Kier molecular flexibility index (Phi) is 4.81. The van der Waals surface area contributed by atoms with Gasteiger partial charge in [0.15, 0.2) is 5.82 Å². The minimum absolute atomic E-state index is 0.411. The van der Waals surface area contributed by atoms with Gasteiger partial charge < -0.3 is 20.5 Å². The first-order valence-electron chi connectivity index (χ1n) is 9.20. The normalized spacial score (nSPS) is 19.1. The lowest BCUT2D eigenvalue weighted by atomic mass is 9.86. The fraction of sp³-hybridized carbons (Fsp3) is 0.250. The maximum atomic E-state index is 12.6. The number of aromatic amines is 1. The van der Waals surface area contributed by atoms with Crippen LogP contribution in [0.15, 0.2) is 42.5 Å². The number of hydrogen-bond donors (Lipinski definition) is 4. The molecule has 2 aromatic carbocycles. The molecule has 10 heteroatoms. The third-order valence-corrected chi connectivity index (χ3v) is 4.92. The first-order chi connectivity index (χ1) is 14.4. The molecule has 2 atom stereocenters. The monoisotopic (exact) mass is 405 g/mol. The number of aromatic nitrogens is 4. The van der Waals surface area contributed by atoms with E-state index in [1.54, 1.807) is 56.3 Å². The molecule has 2 heterocycles. The summed E-state index contributed by atoms with van der Waals surface area (Å²) in [4.78, 5) is 12.6. The van der Waals surface area contributed by atoms with E-state index in [1.807, 2.05) is 0 Å². The van der Waals surface area contributed by atoms with Gasteiger partial charge in [-0.05, 0) is 66.7 Å². The summed E-state index contributed by atoms with van der Waals surface area (Å²) in [7, 11) is 0. The molecule has 10 nitrogen and oxygen atoms in total. The van der Waals surface area contributed by atoms with Crippen molar-refractivity contribution in [1.82, 2.24) is 25.9 Å². The molecule has 0 aliphatic carbocycles. The summed E-state index contributed by atoms with van der Waals surface area (Å²) >= 11 is 0. The number of nitriles is 1. The number of fused-ring (bicyclic) bond motifs is 1. The predicted molar refractivity (Wildman–Crippen MR) is 106 cm³/mol. The van der Waals surface area contributed by atoms with Crippen LogP contribution in [0.5, 0.6) is 5.75 Å². The highest BCUT2D eigenvalue weighted by molar-refractivity contribution is 5.90. The average Bonchev–Trinajstić information content (AvgIpc) is 3.26. The highest BCUT2D eigenvalue weighted by Gasteiger charge is 2.43. The van der Waals surface area contributed by atoms with Crippen molar-refractivity contribution in [3.63, 3.8) is 0 Å². The molecule has 30 heavy (non-hydrogen) atoms. The zero-order chi connectivity index (χ0) is 21.3. The van der Waals surface area contributed by atoms with E-state index in [-0.39, 0.29) is 0 Å². The number of rotatable bonds is 3. The number of aliphatic hydroxyl groups excluding tert-OH is 1. The van der Waals surface area contributed by atoms with Crippen molar-refractivity contribution < 1.29 is 14.6 Å². The Morgan fingerprint density at radius 1 is 1.27 bits per heavy atom. The molecule has 0 saturated carbocycles. The molecule has 0 bridgehead atoms. The van der Waals surface area contributed by atoms with Gasteiger partial charge in [0.25, 0.3) is 0 Å². The number of ether oxygens (including phenoxy) is 1. The van der Waals surface area contributed by atoms with Crippen LogP contribution in [0, 0.1) is 11.3 Å². The Hall–Kier alpha value is -3.97. The number of tetrazole rings is 1. The largest absolute Gasteiger partial charge is 0.485 e. The molecule has 2 amide bonds. The Morgan fingerprint density at radius 3 is 2.70 bits per heavy atom. The number of urea groups is 1. The van der Waals surface area contributed by atoms with Crippen molar-refractivity contribution in [2.24, 2.45) is 0 Å². The van der Waals surface area contributed by atoms with Crippen LogP contribution >= 0.6 is 0 Å². The van der Waals surface area contributed by atoms with Crippen LogP contribution < -0.4 is 15.4 Å². The van der Waals surface area contributed by atoms with E-state index in [4.69, 9.17) is 4.74 Å². The second kappa shape index (κ2) is 7.46. The van der Waals surface area contributed by atoms with Crippen molar-refractivity contribution in [3.8, 4) is 23.2 Å². The third kappa shape index (κ3) is 3.66. The average molecular weight is 405 g/mol. The number of carbonyl (C=O) groups is 1. The number of benzene rings is 2. The highest BCUT2D eigenvalue weighted by atomic mass is 16.5. The Morgan fingerprint density at radius 2 is 2.03 bits per heavy atom. The van der Waals surface area contributed by atoms with Gasteiger partial charge >= 0.3 is 6.03 Å². The zero-order valence-electron chi connectivity index (χ0n) is 16.2. The molecule has 1 aromatic heterocycles. The van der Waals surface area contributed by atoms with Crippen molar-refractivity contribution in [2.75, 3.05) is 5.32 Å². The number of nitrogens with zero attached hydrogens (tertiary/aromatic N) is 4. The molecule has 0 unspecified atom stereocenters. The Balaban J connectivity index is 1.53. The quantitative estimate of drug-likeness (QED) is 0.521. The van der Waals surface area contributed by atoms with E-state index >= 15 is 0 Å². The maximum absolute atomic E-state index is 12.6. The molecule has 0 fully saturated rings. The summed E-state index contributed by atoms with van der Waals surface area (Å²) in [6, 6.07) is 12.7. The third-order valence-electron chi connectivity index (χ3n) is 4.92. The van der Waals surface area contributed by atoms with E-state index in [2.05, 4.69) is 37.3 Å². The van der Waals surface area contributed by atoms with E-state index < -0.39 is 23.8 Å². The molecule has 152 valence electrons. The van der Waals surface area contributed by atoms with Crippen LogP contribution in [0.3, 0.4) is 0 Å². The molecular weight excluding hydrogens is 386 g/mol. The van der Waals surface area contributed by atoms with Gasteiger partial charge in [-0.15, -0.1) is 5.10 Å². The van der Waals surface area contributed by atoms with Crippen molar-refractivity contribution >= 4 is 11.7 Å². The van der Waals surface area contributed by atoms with Gasteiger partial charge in [0.2, 0.25) is 0 Å². The second-order valence-corrected chi connectivity index (χ2v) is 7.42. The van der Waals surface area contributed by atoms with Crippen LogP contribution in [0.2, 0.25) is 0 Å². The molecule has 0 spiro atoms. The highest BCUT2D eigenvalue weighted by Crippen LogP contribution is 2.40. The van der Waals surface area contributed by atoms with E-state index in [1.165, 1.54) is 0 Å². The van der Waals surface area contributed by atoms with Gasteiger partial charge in [-0.25, -0.2) is 9.89 Å². The van der Waals surface area contributed by atoms with Crippen LogP contribution in [0.4, 0.5) is 10.5 Å². The molecule has 3 aromatic rings. The molecular formula is C20H19N7O3. The van der Waals surface area contributed by atoms with Crippen molar-refractivity contribution in [1.29, 1.82) is 5.26 Å². The lowest BCUT2D eigenvalue weighted by molar-refractivity contribution is -0.0618. The van der Waals surface area contributed by atoms with E-state index in [0.717, 1.165) is 5.56 Å². The minimum atomic E-state index is -1.02. The van der Waals surface area contributed by atoms with Crippen LogP contribution in [0.25, 0.3) is 11.4 Å². The predicted octanol–water partition coefficient (Wildman–Crippen LogP) is 2.13. The van der Waals surface area contributed by atoms with Gasteiger partial charge in [0, 0.05) is 16.8 Å². The number of hydrogen-bond acceptors (Lipinski definition) is 7. The summed E-state index contributed by atoms with van der Waals surface area (Å²) in [6.07, 6.45) is -1.02. The molecule has 0 saturated heterocycles. The van der Waals surface area contributed by atoms with Crippen LogP contribution in [0.1, 0.15) is 31.0 Å². The van der Waals surface area contributed by atoms with Gasteiger partial charge in [-0.1, -0.05) is 0 Å². The summed E-state index contributed by atoms with van der Waals surface area (Å²) in [5.74, 6) is 1.03. The zero-order valence-corrected chi connectivity index (χ0v) is 16.2. The first-order valence-corrected chi connectivity index (χ1v) is 9.20. The SMILES string of the molecule is CC1(C)Oc2ccc(C#N)cc2[C@@H](NC(=O)Nc2ccc(-c3nnn[nH]3)cc2)[C@@H]1O. The van der Waals surface area contributed by atoms with E-state index in [0.29, 0.717) is 28.4 Å². The van der Waals surface area contributed by atoms with Gasteiger partial charge in [0.1, 0.15) is 17.5 Å². The van der Waals surface area contributed by atoms with Crippen molar-refractivity contribution in [2.45, 2.75) is 31.6 Å². The second-order valence-electron chi connectivity index (χ2n) is 7.42. The summed E-state index contributed by atoms with van der Waals surface area (Å²) in [5.41, 5.74) is 1.35. The van der Waals surface area contributed by atoms with Crippen LogP contribution in [-0.2, 0) is 0 Å². The number of nitrogens with one attached hydrogen (secondary N) is 3. The first kappa shape index (κ1) is 19.4. The standard InChI is InChI=1S/C20H19N7O3/c1-20(2)17(28)16(14-9-11(10-21)3-8-15(14)30-20)23-19(29)22-13-6-4-12(5-7-13)18-24-26-27-25-18/h3-9,16-17,28H,1-2H3,(H2,22,23,29)(H,24,25,26,27)/t16-,17+/m1/s1. The Bertz CT molecular complexity index is 1100. The fourth-order valence-electron chi connectivity index (χ4n) is 3.33. The van der Waals surface area contributed by atoms with Crippen LogP contribution in [-0.4, -0.2) is 43.5 Å². The maximum Gasteiger partial charge on any atom is 0.319 e. The topological polar surface area (TPSA) is 149 Å². The number of amides is 2. The smallest absolute Gasteiger partial charge is 0.319 e. The number of aliphatic hydroxyl groups is 1. The lowest BCUT2D eigenvalue weighted by Gasteiger charge is -2.42.